The van der Waals surface area contributed by atoms with Crippen molar-refractivity contribution in [3.63, 3.8) is 0 Å². The van der Waals surface area contributed by atoms with E-state index in [1.165, 1.54) is 31.4 Å². The number of amides is 1. The number of nitrogens with zero attached hydrogens (tertiary/aromatic N) is 1. The van der Waals surface area contributed by atoms with Gasteiger partial charge in [-0.15, -0.1) is 0 Å². The Labute approximate surface area is 161 Å². The maximum atomic E-state index is 12.3. The SMILES string of the molecule is O=C(CCS(=O)(=O)c1ccccc1)Nc1ccc(N2CCCCCC2)cc1. The van der Waals surface area contributed by atoms with Crippen molar-refractivity contribution in [3.8, 4) is 0 Å². The average molecular weight is 387 g/mol. The number of benzene rings is 2. The third-order valence-corrected chi connectivity index (χ3v) is 6.55. The van der Waals surface area contributed by atoms with Gasteiger partial charge < -0.3 is 10.2 Å². The van der Waals surface area contributed by atoms with Crippen LogP contribution in [-0.2, 0) is 14.6 Å². The van der Waals surface area contributed by atoms with Crippen molar-refractivity contribution in [2.45, 2.75) is 37.0 Å². The molecule has 0 spiro atoms. The van der Waals surface area contributed by atoms with Crippen molar-refractivity contribution in [1.29, 1.82) is 0 Å². The lowest BCUT2D eigenvalue weighted by Crippen LogP contribution is -2.23. The first-order chi connectivity index (χ1) is 13.0. The molecular formula is C21H26N2O3S. The van der Waals surface area contributed by atoms with E-state index >= 15 is 0 Å². The normalized spacial score (nSPS) is 15.2. The first-order valence-electron chi connectivity index (χ1n) is 9.47. The van der Waals surface area contributed by atoms with Gasteiger partial charge in [-0.25, -0.2) is 8.42 Å². The number of hydrogen-bond acceptors (Lipinski definition) is 4. The maximum Gasteiger partial charge on any atom is 0.225 e. The number of nitrogens with one attached hydrogen (secondary N) is 1. The van der Waals surface area contributed by atoms with Gasteiger partial charge in [-0.1, -0.05) is 31.0 Å². The number of rotatable bonds is 6. The molecule has 0 bridgehead atoms. The van der Waals surface area contributed by atoms with E-state index in [4.69, 9.17) is 0 Å². The molecule has 0 unspecified atom stereocenters. The number of carbonyl (C=O) groups is 1. The molecule has 1 aliphatic heterocycles. The Kier molecular flexibility index (Phi) is 6.50. The molecule has 2 aromatic rings. The quantitative estimate of drug-likeness (QED) is 0.818. The van der Waals surface area contributed by atoms with Crippen LogP contribution in [0.5, 0.6) is 0 Å². The van der Waals surface area contributed by atoms with Crippen LogP contribution in [-0.4, -0.2) is 33.2 Å². The number of sulfone groups is 1. The fourth-order valence-electron chi connectivity index (χ4n) is 3.28. The second-order valence-corrected chi connectivity index (χ2v) is 8.99. The van der Waals surface area contributed by atoms with E-state index in [1.54, 1.807) is 30.3 Å². The second-order valence-electron chi connectivity index (χ2n) is 6.88. The summed E-state index contributed by atoms with van der Waals surface area (Å²) >= 11 is 0. The topological polar surface area (TPSA) is 66.5 Å². The van der Waals surface area contributed by atoms with E-state index in [9.17, 15) is 13.2 Å². The molecule has 1 aliphatic rings. The molecule has 0 atom stereocenters. The molecule has 1 saturated heterocycles. The van der Waals surface area contributed by atoms with Gasteiger partial charge >= 0.3 is 0 Å². The fourth-order valence-corrected chi connectivity index (χ4v) is 4.54. The predicted molar refractivity (Wildman–Crippen MR) is 109 cm³/mol. The van der Waals surface area contributed by atoms with Crippen LogP contribution in [0.4, 0.5) is 11.4 Å². The second kappa shape index (κ2) is 9.04. The largest absolute Gasteiger partial charge is 0.372 e. The minimum atomic E-state index is -3.44. The highest BCUT2D eigenvalue weighted by Crippen LogP contribution is 2.21. The summed E-state index contributed by atoms with van der Waals surface area (Å²) < 4.78 is 24.5. The Bertz CT molecular complexity index is 841. The Morgan fingerprint density at radius 3 is 2.15 bits per heavy atom. The summed E-state index contributed by atoms with van der Waals surface area (Å²) in [6.45, 7) is 2.14. The molecule has 27 heavy (non-hydrogen) atoms. The van der Waals surface area contributed by atoms with E-state index < -0.39 is 9.84 Å². The van der Waals surface area contributed by atoms with E-state index in [2.05, 4.69) is 10.2 Å². The lowest BCUT2D eigenvalue weighted by atomic mass is 10.2. The Hall–Kier alpha value is -2.34. The van der Waals surface area contributed by atoms with Gasteiger partial charge in [0.15, 0.2) is 9.84 Å². The highest BCUT2D eigenvalue weighted by Gasteiger charge is 2.16. The van der Waals surface area contributed by atoms with Crippen LogP contribution in [0.1, 0.15) is 32.1 Å². The maximum absolute atomic E-state index is 12.3. The van der Waals surface area contributed by atoms with Crippen LogP contribution in [0, 0.1) is 0 Å². The molecule has 0 saturated carbocycles. The summed E-state index contributed by atoms with van der Waals surface area (Å²) in [7, 11) is -3.44. The first-order valence-corrected chi connectivity index (χ1v) is 11.1. The first kappa shape index (κ1) is 19.4. The molecule has 0 aromatic heterocycles. The van der Waals surface area contributed by atoms with Crippen molar-refractivity contribution >= 4 is 27.1 Å². The molecule has 144 valence electrons. The summed E-state index contributed by atoms with van der Waals surface area (Å²) in [5, 5.41) is 2.79. The average Bonchev–Trinajstić information content (AvgIpc) is 2.97. The summed E-state index contributed by atoms with van der Waals surface area (Å²) in [5.74, 6) is -0.494. The molecule has 1 fully saturated rings. The lowest BCUT2D eigenvalue weighted by Gasteiger charge is -2.22. The van der Waals surface area contributed by atoms with Crippen LogP contribution in [0.2, 0.25) is 0 Å². The number of hydrogen-bond donors (Lipinski definition) is 1. The highest BCUT2D eigenvalue weighted by molar-refractivity contribution is 7.91. The minimum absolute atomic E-state index is 0.0644. The third kappa shape index (κ3) is 5.57. The molecule has 6 heteroatoms. The zero-order valence-electron chi connectivity index (χ0n) is 15.4. The van der Waals surface area contributed by atoms with Gasteiger partial charge in [-0.05, 0) is 49.2 Å². The van der Waals surface area contributed by atoms with Gasteiger partial charge in [0.2, 0.25) is 5.91 Å². The predicted octanol–water partition coefficient (Wildman–Crippen LogP) is 3.87. The van der Waals surface area contributed by atoms with E-state index in [1.807, 2.05) is 24.3 Å². The molecule has 0 aliphatic carbocycles. The van der Waals surface area contributed by atoms with Crippen LogP contribution in [0.15, 0.2) is 59.5 Å². The van der Waals surface area contributed by atoms with E-state index in [0.29, 0.717) is 5.69 Å². The summed E-state index contributed by atoms with van der Waals surface area (Å²) in [5.41, 5.74) is 1.86. The van der Waals surface area contributed by atoms with Crippen LogP contribution in [0.25, 0.3) is 0 Å². The van der Waals surface area contributed by atoms with Crippen LogP contribution >= 0.6 is 0 Å². The molecule has 3 rings (SSSR count). The van der Waals surface area contributed by atoms with Crippen molar-refractivity contribution in [2.75, 3.05) is 29.1 Å². The van der Waals surface area contributed by atoms with Gasteiger partial charge in [0, 0.05) is 30.9 Å². The zero-order chi connectivity index (χ0) is 19.1. The summed E-state index contributed by atoms with van der Waals surface area (Å²) in [6.07, 6.45) is 4.95. The van der Waals surface area contributed by atoms with Crippen molar-refractivity contribution in [3.05, 3.63) is 54.6 Å². The Morgan fingerprint density at radius 1 is 0.889 bits per heavy atom. The van der Waals surface area contributed by atoms with E-state index in [0.717, 1.165) is 13.1 Å². The van der Waals surface area contributed by atoms with E-state index in [-0.39, 0.29) is 23.0 Å². The summed E-state index contributed by atoms with van der Waals surface area (Å²) in [4.78, 5) is 14.8. The van der Waals surface area contributed by atoms with Crippen molar-refractivity contribution in [1.82, 2.24) is 0 Å². The molecule has 1 N–H and O–H groups in total. The van der Waals surface area contributed by atoms with Gasteiger partial charge in [0.05, 0.1) is 10.6 Å². The minimum Gasteiger partial charge on any atom is -0.372 e. The van der Waals surface area contributed by atoms with Crippen molar-refractivity contribution < 1.29 is 13.2 Å². The molecule has 1 heterocycles. The van der Waals surface area contributed by atoms with Crippen LogP contribution in [0.3, 0.4) is 0 Å². The zero-order valence-corrected chi connectivity index (χ0v) is 16.2. The van der Waals surface area contributed by atoms with Gasteiger partial charge in [-0.2, -0.15) is 0 Å². The Balaban J connectivity index is 1.53. The summed E-state index contributed by atoms with van der Waals surface area (Å²) in [6, 6.07) is 16.0. The molecule has 1 amide bonds. The number of carbonyl (C=O) groups excluding carboxylic acids is 1. The van der Waals surface area contributed by atoms with Gasteiger partial charge in [-0.3, -0.25) is 4.79 Å². The molecule has 2 aromatic carbocycles. The lowest BCUT2D eigenvalue weighted by molar-refractivity contribution is -0.115. The third-order valence-electron chi connectivity index (χ3n) is 4.82. The van der Waals surface area contributed by atoms with Gasteiger partial charge in [0.25, 0.3) is 0 Å². The molecule has 5 nitrogen and oxygen atoms in total. The van der Waals surface area contributed by atoms with Crippen molar-refractivity contribution in [2.24, 2.45) is 0 Å². The highest BCUT2D eigenvalue weighted by atomic mass is 32.2. The smallest absolute Gasteiger partial charge is 0.225 e. The molecule has 0 radical (unpaired) electrons. The monoisotopic (exact) mass is 386 g/mol. The van der Waals surface area contributed by atoms with Gasteiger partial charge in [0.1, 0.15) is 0 Å². The Morgan fingerprint density at radius 2 is 1.52 bits per heavy atom. The van der Waals surface area contributed by atoms with Crippen LogP contribution < -0.4 is 10.2 Å². The number of anilines is 2. The molecular weight excluding hydrogens is 360 g/mol. The fraction of sp³-hybridized carbons (Fsp3) is 0.381. The standard InChI is InChI=1S/C21H26N2O3S/c24-21(14-17-27(25,26)20-8-4-3-5-9-20)22-18-10-12-19(13-11-18)23-15-6-1-2-7-16-23/h3-5,8-13H,1-2,6-7,14-17H2,(H,22,24).